The zero-order valence-corrected chi connectivity index (χ0v) is 15.5. The summed E-state index contributed by atoms with van der Waals surface area (Å²) in [5, 5.41) is 8.74. The SMILES string of the molecule is O=C(Nc1cc(-c2ccccc2)nn1-c1cc(Cl)ccc1Cl)C1CCC1. The minimum absolute atomic E-state index is 0.0233. The van der Waals surface area contributed by atoms with Gasteiger partial charge in [0, 0.05) is 22.6 Å². The van der Waals surface area contributed by atoms with Crippen molar-refractivity contribution in [2.45, 2.75) is 19.3 Å². The van der Waals surface area contributed by atoms with E-state index in [9.17, 15) is 4.79 Å². The van der Waals surface area contributed by atoms with Crippen LogP contribution in [0.1, 0.15) is 19.3 Å². The molecule has 4 rings (SSSR count). The number of nitrogens with one attached hydrogen (secondary N) is 1. The van der Waals surface area contributed by atoms with E-state index in [4.69, 9.17) is 23.2 Å². The van der Waals surface area contributed by atoms with Gasteiger partial charge in [-0.1, -0.05) is 60.0 Å². The van der Waals surface area contributed by atoms with Crippen LogP contribution in [0.3, 0.4) is 0 Å². The third-order valence-corrected chi connectivity index (χ3v) is 5.20. The van der Waals surface area contributed by atoms with E-state index in [2.05, 4.69) is 10.4 Å². The molecule has 0 bridgehead atoms. The molecule has 6 heteroatoms. The third kappa shape index (κ3) is 3.35. The van der Waals surface area contributed by atoms with Crippen LogP contribution in [-0.4, -0.2) is 15.7 Å². The van der Waals surface area contributed by atoms with E-state index >= 15 is 0 Å². The zero-order valence-electron chi connectivity index (χ0n) is 14.0. The highest BCUT2D eigenvalue weighted by atomic mass is 35.5. The summed E-state index contributed by atoms with van der Waals surface area (Å²) in [6.07, 6.45) is 2.97. The molecule has 0 spiro atoms. The maximum atomic E-state index is 12.5. The highest BCUT2D eigenvalue weighted by molar-refractivity contribution is 6.34. The first-order valence-electron chi connectivity index (χ1n) is 8.53. The lowest BCUT2D eigenvalue weighted by atomic mass is 9.85. The van der Waals surface area contributed by atoms with Crippen LogP contribution >= 0.6 is 23.2 Å². The van der Waals surface area contributed by atoms with E-state index in [1.165, 1.54) is 0 Å². The lowest BCUT2D eigenvalue weighted by molar-refractivity contribution is -0.122. The first kappa shape index (κ1) is 17.1. The molecule has 1 aromatic heterocycles. The van der Waals surface area contributed by atoms with Crippen molar-refractivity contribution in [3.8, 4) is 16.9 Å². The van der Waals surface area contributed by atoms with Crippen LogP contribution in [0.2, 0.25) is 10.0 Å². The van der Waals surface area contributed by atoms with Crippen molar-refractivity contribution in [1.29, 1.82) is 0 Å². The number of aromatic nitrogens is 2. The van der Waals surface area contributed by atoms with Gasteiger partial charge < -0.3 is 5.32 Å². The number of anilines is 1. The normalized spacial score (nSPS) is 14.1. The molecule has 0 unspecified atom stereocenters. The lowest BCUT2D eigenvalue weighted by Crippen LogP contribution is -2.28. The molecule has 0 atom stereocenters. The number of carbonyl (C=O) groups excluding carboxylic acids is 1. The number of amides is 1. The molecular formula is C20H17Cl2N3O. The molecule has 3 aromatic rings. The molecule has 0 radical (unpaired) electrons. The molecule has 4 nitrogen and oxygen atoms in total. The molecule has 1 heterocycles. The largest absolute Gasteiger partial charge is 0.310 e. The Morgan fingerprint density at radius 1 is 1.08 bits per heavy atom. The molecule has 1 amide bonds. The third-order valence-electron chi connectivity index (χ3n) is 4.64. The molecule has 0 saturated heterocycles. The predicted molar refractivity (Wildman–Crippen MR) is 105 cm³/mol. The second kappa shape index (κ2) is 7.14. The fourth-order valence-electron chi connectivity index (χ4n) is 2.95. The molecule has 26 heavy (non-hydrogen) atoms. The number of halogens is 2. The van der Waals surface area contributed by atoms with Gasteiger partial charge in [0.25, 0.3) is 0 Å². The zero-order chi connectivity index (χ0) is 18.1. The average Bonchev–Trinajstić information content (AvgIpc) is 3.00. The molecular weight excluding hydrogens is 369 g/mol. The second-order valence-corrected chi connectivity index (χ2v) is 7.25. The van der Waals surface area contributed by atoms with Gasteiger partial charge >= 0.3 is 0 Å². The Balaban J connectivity index is 1.78. The molecule has 0 aliphatic heterocycles. The van der Waals surface area contributed by atoms with Crippen molar-refractivity contribution in [2.75, 3.05) is 5.32 Å². The Labute approximate surface area is 161 Å². The van der Waals surface area contributed by atoms with Crippen LogP contribution in [0.4, 0.5) is 5.82 Å². The summed E-state index contributed by atoms with van der Waals surface area (Å²) in [6, 6.07) is 16.9. The van der Waals surface area contributed by atoms with E-state index in [1.54, 1.807) is 22.9 Å². The lowest BCUT2D eigenvalue weighted by Gasteiger charge is -2.24. The number of hydrogen-bond acceptors (Lipinski definition) is 2. The highest BCUT2D eigenvalue weighted by Crippen LogP contribution is 2.32. The quantitative estimate of drug-likeness (QED) is 0.636. The van der Waals surface area contributed by atoms with Gasteiger partial charge in [-0.2, -0.15) is 5.10 Å². The van der Waals surface area contributed by atoms with Crippen LogP contribution in [-0.2, 0) is 4.79 Å². The van der Waals surface area contributed by atoms with E-state index in [1.807, 2.05) is 36.4 Å². The average molecular weight is 386 g/mol. The number of benzene rings is 2. The van der Waals surface area contributed by atoms with Crippen molar-refractivity contribution in [1.82, 2.24) is 9.78 Å². The van der Waals surface area contributed by atoms with Crippen LogP contribution in [0.25, 0.3) is 16.9 Å². The maximum absolute atomic E-state index is 12.5. The Bertz CT molecular complexity index is 949. The van der Waals surface area contributed by atoms with Crippen LogP contribution in [0.5, 0.6) is 0 Å². The highest BCUT2D eigenvalue weighted by Gasteiger charge is 2.26. The van der Waals surface area contributed by atoms with Gasteiger partial charge in [-0.25, -0.2) is 4.68 Å². The maximum Gasteiger partial charge on any atom is 0.228 e. The Morgan fingerprint density at radius 2 is 1.85 bits per heavy atom. The standard InChI is InChI=1S/C20H17Cl2N3O/c21-15-9-10-16(22)18(11-15)25-19(23-20(26)14-7-4-8-14)12-17(24-25)13-5-2-1-3-6-13/h1-3,5-6,9-12,14H,4,7-8H2,(H,23,26). The van der Waals surface area contributed by atoms with E-state index in [0.29, 0.717) is 21.6 Å². The summed E-state index contributed by atoms with van der Waals surface area (Å²) in [4.78, 5) is 12.5. The topological polar surface area (TPSA) is 46.9 Å². The smallest absolute Gasteiger partial charge is 0.228 e. The molecule has 1 aliphatic carbocycles. The van der Waals surface area contributed by atoms with E-state index in [-0.39, 0.29) is 11.8 Å². The fraction of sp³-hybridized carbons (Fsp3) is 0.200. The van der Waals surface area contributed by atoms with Crippen molar-refractivity contribution in [2.24, 2.45) is 5.92 Å². The molecule has 1 fully saturated rings. The van der Waals surface area contributed by atoms with Gasteiger partial charge in [-0.3, -0.25) is 4.79 Å². The molecule has 132 valence electrons. The minimum Gasteiger partial charge on any atom is -0.310 e. The Morgan fingerprint density at radius 3 is 2.54 bits per heavy atom. The van der Waals surface area contributed by atoms with Crippen molar-refractivity contribution in [3.63, 3.8) is 0 Å². The Hall–Kier alpha value is -2.30. The summed E-state index contributed by atoms with van der Waals surface area (Å²) < 4.78 is 1.65. The van der Waals surface area contributed by atoms with Crippen LogP contribution in [0.15, 0.2) is 54.6 Å². The second-order valence-electron chi connectivity index (χ2n) is 6.41. The van der Waals surface area contributed by atoms with Crippen molar-refractivity contribution >= 4 is 34.9 Å². The van der Waals surface area contributed by atoms with Gasteiger partial charge in [0.05, 0.1) is 16.4 Å². The number of hydrogen-bond donors (Lipinski definition) is 1. The molecule has 1 N–H and O–H groups in total. The monoisotopic (exact) mass is 385 g/mol. The van der Waals surface area contributed by atoms with Gasteiger partial charge in [0.1, 0.15) is 5.82 Å². The summed E-state index contributed by atoms with van der Waals surface area (Å²) >= 11 is 12.5. The van der Waals surface area contributed by atoms with Crippen LogP contribution in [0, 0.1) is 5.92 Å². The van der Waals surface area contributed by atoms with Gasteiger partial charge in [0.2, 0.25) is 5.91 Å². The summed E-state index contributed by atoms with van der Waals surface area (Å²) in [5.74, 6) is 0.688. The van der Waals surface area contributed by atoms with Crippen molar-refractivity contribution < 1.29 is 4.79 Å². The molecule has 1 saturated carbocycles. The summed E-state index contributed by atoms with van der Waals surface area (Å²) in [5.41, 5.74) is 2.35. The van der Waals surface area contributed by atoms with Crippen molar-refractivity contribution in [3.05, 3.63) is 64.6 Å². The molecule has 1 aliphatic rings. The van der Waals surface area contributed by atoms with E-state index < -0.39 is 0 Å². The first-order chi connectivity index (χ1) is 12.6. The van der Waals surface area contributed by atoms with Gasteiger partial charge in [-0.15, -0.1) is 0 Å². The number of rotatable bonds is 4. The summed E-state index contributed by atoms with van der Waals surface area (Å²) in [6.45, 7) is 0. The summed E-state index contributed by atoms with van der Waals surface area (Å²) in [7, 11) is 0. The number of carbonyl (C=O) groups is 1. The number of nitrogens with zero attached hydrogens (tertiary/aromatic N) is 2. The Kier molecular flexibility index (Phi) is 4.70. The molecule has 2 aromatic carbocycles. The van der Waals surface area contributed by atoms with E-state index in [0.717, 1.165) is 30.5 Å². The van der Waals surface area contributed by atoms with Crippen LogP contribution < -0.4 is 5.32 Å². The first-order valence-corrected chi connectivity index (χ1v) is 9.29. The van der Waals surface area contributed by atoms with Gasteiger partial charge in [0.15, 0.2) is 0 Å². The minimum atomic E-state index is 0.0233. The fourth-order valence-corrected chi connectivity index (χ4v) is 3.31. The predicted octanol–water partition coefficient (Wildman–Crippen LogP) is 5.58. The van der Waals surface area contributed by atoms with Gasteiger partial charge in [-0.05, 0) is 31.0 Å².